The van der Waals surface area contributed by atoms with Gasteiger partial charge >= 0.3 is 5.97 Å². The molecule has 0 aliphatic heterocycles. The van der Waals surface area contributed by atoms with E-state index in [4.69, 9.17) is 0 Å². The molecule has 0 amide bonds. The molecule has 1 heterocycles. The Morgan fingerprint density at radius 2 is 1.94 bits per heavy atom. The Labute approximate surface area is 92.5 Å². The lowest BCUT2D eigenvalue weighted by molar-refractivity contribution is 0.0602. The average molecular weight is 217 g/mol. The number of phenolic OH excluding ortho intramolecular Hbond substituents is 1. The molecule has 0 saturated carbocycles. The van der Waals surface area contributed by atoms with E-state index in [0.717, 1.165) is 5.56 Å². The summed E-state index contributed by atoms with van der Waals surface area (Å²) in [5.41, 5.74) is 1.99. The minimum atomic E-state index is -0.385. The van der Waals surface area contributed by atoms with Crippen molar-refractivity contribution in [3.05, 3.63) is 42.1 Å². The second-order valence-corrected chi connectivity index (χ2v) is 3.30. The number of H-pyrrole nitrogens is 1. The number of aromatic amines is 1. The molecule has 2 N–H and O–H groups in total. The molecule has 0 fully saturated rings. The van der Waals surface area contributed by atoms with Gasteiger partial charge in [-0.05, 0) is 35.9 Å². The van der Waals surface area contributed by atoms with E-state index in [0.29, 0.717) is 11.3 Å². The van der Waals surface area contributed by atoms with Crippen LogP contribution in [0.15, 0.2) is 36.5 Å². The van der Waals surface area contributed by atoms with Crippen molar-refractivity contribution in [1.82, 2.24) is 4.98 Å². The third-order valence-electron chi connectivity index (χ3n) is 2.31. The molecule has 0 atom stereocenters. The van der Waals surface area contributed by atoms with Crippen molar-refractivity contribution in [2.24, 2.45) is 0 Å². The van der Waals surface area contributed by atoms with Crippen LogP contribution >= 0.6 is 0 Å². The zero-order valence-electron chi connectivity index (χ0n) is 8.73. The first-order chi connectivity index (χ1) is 7.72. The van der Waals surface area contributed by atoms with E-state index in [1.54, 1.807) is 36.5 Å². The number of hydrogen-bond acceptors (Lipinski definition) is 3. The number of aromatic nitrogens is 1. The second-order valence-electron chi connectivity index (χ2n) is 3.30. The Kier molecular flexibility index (Phi) is 2.64. The number of benzene rings is 1. The number of hydrogen-bond donors (Lipinski definition) is 2. The van der Waals surface area contributed by atoms with Crippen LogP contribution in [0, 0.1) is 0 Å². The topological polar surface area (TPSA) is 62.3 Å². The molecule has 4 heteroatoms. The summed E-state index contributed by atoms with van der Waals surface area (Å²) in [6.07, 6.45) is 1.68. The van der Waals surface area contributed by atoms with Gasteiger partial charge in [0.2, 0.25) is 0 Å². The molecule has 16 heavy (non-hydrogen) atoms. The quantitative estimate of drug-likeness (QED) is 0.758. The van der Waals surface area contributed by atoms with Crippen LogP contribution in [0.1, 0.15) is 10.4 Å². The van der Waals surface area contributed by atoms with Crippen LogP contribution in [0.2, 0.25) is 0 Å². The monoisotopic (exact) mass is 217 g/mol. The maximum absolute atomic E-state index is 11.4. The predicted molar refractivity (Wildman–Crippen MR) is 59.2 cm³/mol. The fourth-order valence-electron chi connectivity index (χ4n) is 1.52. The molecule has 82 valence electrons. The Bertz CT molecular complexity index is 499. The largest absolute Gasteiger partial charge is 0.508 e. The van der Waals surface area contributed by atoms with Gasteiger partial charge in [0.15, 0.2) is 0 Å². The summed E-state index contributed by atoms with van der Waals surface area (Å²) >= 11 is 0. The van der Waals surface area contributed by atoms with Gasteiger partial charge in [0, 0.05) is 6.20 Å². The molecule has 0 aliphatic rings. The molecule has 0 spiro atoms. The van der Waals surface area contributed by atoms with Gasteiger partial charge in [0.05, 0.1) is 18.4 Å². The molecule has 1 aromatic carbocycles. The van der Waals surface area contributed by atoms with Crippen molar-refractivity contribution in [3.8, 4) is 17.0 Å². The van der Waals surface area contributed by atoms with Gasteiger partial charge < -0.3 is 14.8 Å². The molecule has 0 bridgehead atoms. The standard InChI is InChI=1S/C12H11NO3/c1-16-12(15)10-6-7-13-11(10)8-2-4-9(14)5-3-8/h2-7,13-14H,1H3. The highest BCUT2D eigenvalue weighted by atomic mass is 16.5. The van der Waals surface area contributed by atoms with E-state index in [-0.39, 0.29) is 11.7 Å². The van der Waals surface area contributed by atoms with Crippen molar-refractivity contribution < 1.29 is 14.6 Å². The molecular formula is C12H11NO3. The zero-order chi connectivity index (χ0) is 11.5. The van der Waals surface area contributed by atoms with Gasteiger partial charge in [0.25, 0.3) is 0 Å². The van der Waals surface area contributed by atoms with Crippen LogP contribution in [0.3, 0.4) is 0 Å². The Hall–Kier alpha value is -2.23. The van der Waals surface area contributed by atoms with Crippen molar-refractivity contribution in [1.29, 1.82) is 0 Å². The Morgan fingerprint density at radius 3 is 2.56 bits per heavy atom. The minimum absolute atomic E-state index is 0.190. The number of ether oxygens (including phenoxy) is 1. The summed E-state index contributed by atoms with van der Waals surface area (Å²) in [5.74, 6) is -0.195. The van der Waals surface area contributed by atoms with E-state index in [1.807, 2.05) is 0 Å². The number of phenols is 1. The molecule has 1 aromatic heterocycles. The normalized spacial score (nSPS) is 10.1. The Morgan fingerprint density at radius 1 is 1.25 bits per heavy atom. The maximum Gasteiger partial charge on any atom is 0.340 e. The number of esters is 1. The van der Waals surface area contributed by atoms with Gasteiger partial charge in [-0.1, -0.05) is 0 Å². The molecule has 0 radical (unpaired) electrons. The van der Waals surface area contributed by atoms with Crippen LogP contribution < -0.4 is 0 Å². The van der Waals surface area contributed by atoms with E-state index in [9.17, 15) is 9.90 Å². The maximum atomic E-state index is 11.4. The summed E-state index contributed by atoms with van der Waals surface area (Å²) in [4.78, 5) is 14.4. The van der Waals surface area contributed by atoms with Crippen LogP contribution in [0.25, 0.3) is 11.3 Å². The number of aromatic hydroxyl groups is 1. The number of rotatable bonds is 2. The van der Waals surface area contributed by atoms with E-state index < -0.39 is 0 Å². The van der Waals surface area contributed by atoms with Gasteiger partial charge in [-0.25, -0.2) is 4.79 Å². The highest BCUT2D eigenvalue weighted by Gasteiger charge is 2.13. The number of nitrogens with one attached hydrogen (secondary N) is 1. The summed E-state index contributed by atoms with van der Waals surface area (Å²) in [6, 6.07) is 8.25. The SMILES string of the molecule is COC(=O)c1cc[nH]c1-c1ccc(O)cc1. The summed E-state index contributed by atoms with van der Waals surface area (Å²) in [6.45, 7) is 0. The van der Waals surface area contributed by atoms with Gasteiger partial charge in [-0.15, -0.1) is 0 Å². The fourth-order valence-corrected chi connectivity index (χ4v) is 1.52. The van der Waals surface area contributed by atoms with Gasteiger partial charge in [-0.3, -0.25) is 0 Å². The lowest BCUT2D eigenvalue weighted by atomic mass is 10.1. The van der Waals surface area contributed by atoms with Crippen LogP contribution in [0.4, 0.5) is 0 Å². The lowest BCUT2D eigenvalue weighted by Crippen LogP contribution is -2.01. The third kappa shape index (κ3) is 1.77. The molecular weight excluding hydrogens is 206 g/mol. The van der Waals surface area contributed by atoms with Crippen molar-refractivity contribution in [2.45, 2.75) is 0 Å². The summed E-state index contributed by atoms with van der Waals surface area (Å²) in [7, 11) is 1.34. The molecule has 0 aliphatic carbocycles. The molecule has 2 rings (SSSR count). The molecule has 0 unspecified atom stereocenters. The first kappa shape index (κ1) is 10.3. The van der Waals surface area contributed by atoms with Crippen molar-refractivity contribution in [3.63, 3.8) is 0 Å². The number of methoxy groups -OCH3 is 1. The molecule has 0 saturated heterocycles. The average Bonchev–Trinajstić information content (AvgIpc) is 2.78. The summed E-state index contributed by atoms with van der Waals surface area (Å²) in [5, 5.41) is 9.18. The van der Waals surface area contributed by atoms with Crippen LogP contribution in [0.5, 0.6) is 5.75 Å². The van der Waals surface area contributed by atoms with Crippen molar-refractivity contribution >= 4 is 5.97 Å². The number of carbonyl (C=O) groups excluding carboxylic acids is 1. The second kappa shape index (κ2) is 4.10. The highest BCUT2D eigenvalue weighted by molar-refractivity contribution is 5.96. The van der Waals surface area contributed by atoms with Crippen LogP contribution in [-0.2, 0) is 4.74 Å². The minimum Gasteiger partial charge on any atom is -0.508 e. The third-order valence-corrected chi connectivity index (χ3v) is 2.31. The highest BCUT2D eigenvalue weighted by Crippen LogP contribution is 2.24. The van der Waals surface area contributed by atoms with Crippen molar-refractivity contribution in [2.75, 3.05) is 7.11 Å². The molecule has 2 aromatic rings. The van der Waals surface area contributed by atoms with Crippen LogP contribution in [-0.4, -0.2) is 23.2 Å². The van der Waals surface area contributed by atoms with Gasteiger partial charge in [0.1, 0.15) is 5.75 Å². The first-order valence-electron chi connectivity index (χ1n) is 4.77. The molecule has 4 nitrogen and oxygen atoms in total. The smallest absolute Gasteiger partial charge is 0.340 e. The predicted octanol–water partition coefficient (Wildman–Crippen LogP) is 2.17. The number of carbonyl (C=O) groups is 1. The van der Waals surface area contributed by atoms with E-state index in [1.165, 1.54) is 7.11 Å². The van der Waals surface area contributed by atoms with E-state index >= 15 is 0 Å². The lowest BCUT2D eigenvalue weighted by Gasteiger charge is -2.02. The summed E-state index contributed by atoms with van der Waals surface area (Å²) < 4.78 is 4.67. The first-order valence-corrected chi connectivity index (χ1v) is 4.77. The van der Waals surface area contributed by atoms with Gasteiger partial charge in [-0.2, -0.15) is 0 Å². The fraction of sp³-hybridized carbons (Fsp3) is 0.0833. The zero-order valence-corrected chi connectivity index (χ0v) is 8.73. The van der Waals surface area contributed by atoms with E-state index in [2.05, 4.69) is 9.72 Å². The Balaban J connectivity index is 2.44.